The van der Waals surface area contributed by atoms with Crippen LogP contribution < -0.4 is 10.6 Å². The number of likely N-dealkylation sites (tertiary alicyclic amines) is 2. The van der Waals surface area contributed by atoms with Crippen LogP contribution in [0.25, 0.3) is 22.8 Å². The summed E-state index contributed by atoms with van der Waals surface area (Å²) in [5.74, 6) is 0.448. The minimum absolute atomic E-state index is 0.0572. The number of carbonyl (C=O) groups is 4. The Balaban J connectivity index is 0.931. The van der Waals surface area contributed by atoms with Crippen LogP contribution in [-0.2, 0) is 28.7 Å². The molecule has 0 aliphatic carbocycles. The summed E-state index contributed by atoms with van der Waals surface area (Å²) >= 11 is 0. The van der Waals surface area contributed by atoms with Gasteiger partial charge in [-0.3, -0.25) is 29.0 Å². The molecule has 5 aromatic rings. The standard InChI is InChI=1S/C49H57N7O7/c1-53(2)45(33-13-9-7-10-14-33)48(59)55-30-40(61-5)25-38(55)27-43(57)51-36-21-17-32(18-22-36)42-29-50-47(63-42)35-19-23-37(24-20-35)52-44(58)28-39-26-41(62-6)31-56(39)49(60)46(54(3)4)34-15-11-8-12-16-34/h7-24,29,38-41,45-46H,25-28,30-31H2,1-6H3,(H,51,57)(H,52,58)/t38-,39-,40-,41-,45+,46+/m0/s1. The van der Waals surface area contributed by atoms with Crippen LogP contribution in [0.4, 0.5) is 11.4 Å². The van der Waals surface area contributed by atoms with Gasteiger partial charge >= 0.3 is 0 Å². The third-order valence-corrected chi connectivity index (χ3v) is 11.9. The molecule has 0 radical (unpaired) electrons. The van der Waals surface area contributed by atoms with Crippen molar-refractivity contribution in [3.63, 3.8) is 0 Å². The highest BCUT2D eigenvalue weighted by Crippen LogP contribution is 2.32. The number of benzene rings is 4. The summed E-state index contributed by atoms with van der Waals surface area (Å²) in [6.07, 6.45) is 2.75. The van der Waals surface area contributed by atoms with Crippen LogP contribution >= 0.6 is 0 Å². The minimum atomic E-state index is -0.477. The molecular formula is C49H57N7O7. The lowest BCUT2D eigenvalue weighted by atomic mass is 10.0. The van der Waals surface area contributed by atoms with Gasteiger partial charge in [0.15, 0.2) is 5.76 Å². The lowest BCUT2D eigenvalue weighted by Crippen LogP contribution is -2.44. The van der Waals surface area contributed by atoms with Crippen molar-refractivity contribution in [2.45, 2.75) is 62.1 Å². The van der Waals surface area contributed by atoms with Gasteiger partial charge in [-0.2, -0.15) is 0 Å². The Kier molecular flexibility index (Phi) is 14.5. The van der Waals surface area contributed by atoms with E-state index >= 15 is 0 Å². The number of anilines is 2. The number of aromatic nitrogens is 1. The molecule has 2 N–H and O–H groups in total. The van der Waals surface area contributed by atoms with Crippen molar-refractivity contribution >= 4 is 35.0 Å². The van der Waals surface area contributed by atoms with Crippen LogP contribution in [0.1, 0.15) is 48.9 Å². The second-order valence-corrected chi connectivity index (χ2v) is 16.7. The SMILES string of the molecule is CO[C@H]1C[C@@H](CC(=O)Nc2ccc(-c3cnc(-c4ccc(NC(=O)C[C@@H]5C[C@H](OC)CN5C(=O)[C@@H](c5ccccc5)N(C)C)cc4)o3)cc2)N(C(=O)[C@@H](c2ccccc2)N(C)C)C1. The highest BCUT2D eigenvalue weighted by molar-refractivity contribution is 5.93. The van der Waals surface area contributed by atoms with Gasteiger partial charge in [-0.1, -0.05) is 60.7 Å². The van der Waals surface area contributed by atoms with Gasteiger partial charge < -0.3 is 34.3 Å². The average molecular weight is 856 g/mol. The zero-order valence-corrected chi connectivity index (χ0v) is 36.8. The van der Waals surface area contributed by atoms with E-state index in [0.717, 1.165) is 22.3 Å². The smallest absolute Gasteiger partial charge is 0.244 e. The molecule has 4 amide bonds. The van der Waals surface area contributed by atoms with Crippen molar-refractivity contribution < 1.29 is 33.1 Å². The lowest BCUT2D eigenvalue weighted by molar-refractivity contribution is -0.139. The van der Waals surface area contributed by atoms with E-state index in [-0.39, 0.29) is 60.8 Å². The summed E-state index contributed by atoms with van der Waals surface area (Å²) in [5.41, 5.74) is 4.52. The van der Waals surface area contributed by atoms with E-state index in [9.17, 15) is 19.2 Å². The Labute approximate surface area is 369 Å². The molecule has 330 valence electrons. The van der Waals surface area contributed by atoms with E-state index in [0.29, 0.717) is 49.0 Å². The third-order valence-electron chi connectivity index (χ3n) is 11.9. The van der Waals surface area contributed by atoms with Crippen LogP contribution in [0.2, 0.25) is 0 Å². The van der Waals surface area contributed by atoms with Crippen LogP contribution in [0.15, 0.2) is 120 Å². The van der Waals surface area contributed by atoms with E-state index in [1.54, 1.807) is 54.5 Å². The zero-order valence-electron chi connectivity index (χ0n) is 36.8. The third kappa shape index (κ3) is 10.7. The minimum Gasteiger partial charge on any atom is -0.436 e. The highest BCUT2D eigenvalue weighted by Gasteiger charge is 2.41. The van der Waals surface area contributed by atoms with Crippen molar-refractivity contribution in [3.8, 4) is 22.8 Å². The van der Waals surface area contributed by atoms with Gasteiger partial charge in [-0.05, 0) is 101 Å². The number of oxazole rings is 1. The Bertz CT molecular complexity index is 2160. The zero-order chi connectivity index (χ0) is 44.6. The first-order chi connectivity index (χ1) is 30.4. The Morgan fingerprint density at radius 2 is 1.05 bits per heavy atom. The van der Waals surface area contributed by atoms with Gasteiger partial charge in [0.05, 0.1) is 18.4 Å². The molecule has 63 heavy (non-hydrogen) atoms. The topological polar surface area (TPSA) is 150 Å². The first-order valence-corrected chi connectivity index (χ1v) is 21.3. The number of ether oxygens (including phenoxy) is 2. The maximum absolute atomic E-state index is 13.9. The van der Waals surface area contributed by atoms with Gasteiger partial charge in [-0.15, -0.1) is 0 Å². The van der Waals surface area contributed by atoms with Crippen molar-refractivity contribution in [3.05, 3.63) is 127 Å². The largest absolute Gasteiger partial charge is 0.436 e. The first kappa shape index (κ1) is 44.9. The molecule has 4 aromatic carbocycles. The molecular weight excluding hydrogens is 799 g/mol. The summed E-state index contributed by atoms with van der Waals surface area (Å²) in [7, 11) is 10.8. The van der Waals surface area contributed by atoms with Crippen molar-refractivity contribution in [1.82, 2.24) is 24.6 Å². The fraction of sp³-hybridized carbons (Fsp3) is 0.367. The molecule has 14 nitrogen and oxygen atoms in total. The number of methoxy groups -OCH3 is 2. The van der Waals surface area contributed by atoms with Crippen LogP contribution in [0.3, 0.4) is 0 Å². The van der Waals surface area contributed by atoms with E-state index in [1.165, 1.54) is 0 Å². The fourth-order valence-electron chi connectivity index (χ4n) is 8.73. The van der Waals surface area contributed by atoms with Crippen LogP contribution in [-0.4, -0.2) is 128 Å². The van der Waals surface area contributed by atoms with E-state index in [1.807, 2.05) is 123 Å². The number of nitrogens with one attached hydrogen (secondary N) is 2. The first-order valence-electron chi connectivity index (χ1n) is 21.3. The second-order valence-electron chi connectivity index (χ2n) is 16.7. The Morgan fingerprint density at radius 3 is 1.44 bits per heavy atom. The predicted molar refractivity (Wildman–Crippen MR) is 241 cm³/mol. The molecule has 2 aliphatic rings. The van der Waals surface area contributed by atoms with Crippen molar-refractivity contribution in [1.29, 1.82) is 0 Å². The number of amides is 4. The number of carbonyl (C=O) groups excluding carboxylic acids is 4. The Morgan fingerprint density at radius 1 is 0.635 bits per heavy atom. The summed E-state index contributed by atoms with van der Waals surface area (Å²) in [5, 5.41) is 5.98. The van der Waals surface area contributed by atoms with E-state index in [2.05, 4.69) is 15.6 Å². The average Bonchev–Trinajstić information content (AvgIpc) is 4.04. The maximum atomic E-state index is 13.9. The Hall–Kier alpha value is -6.19. The number of rotatable bonds is 16. The normalized spacial score (nSPS) is 19.6. The molecule has 2 fully saturated rings. The molecule has 0 bridgehead atoms. The van der Waals surface area contributed by atoms with Gasteiger partial charge in [0.2, 0.25) is 29.5 Å². The second kappa shape index (κ2) is 20.3. The molecule has 3 heterocycles. The quantitative estimate of drug-likeness (QED) is 0.113. The monoisotopic (exact) mass is 855 g/mol. The summed E-state index contributed by atoms with van der Waals surface area (Å²) in [4.78, 5) is 66.4. The number of hydrogen-bond acceptors (Lipinski definition) is 10. The summed E-state index contributed by atoms with van der Waals surface area (Å²) in [6.45, 7) is 0.845. The summed E-state index contributed by atoms with van der Waals surface area (Å²) in [6, 6.07) is 32.3. The van der Waals surface area contributed by atoms with Crippen LogP contribution in [0, 0.1) is 0 Å². The van der Waals surface area contributed by atoms with Gasteiger partial charge in [0.1, 0.15) is 12.1 Å². The molecule has 0 unspecified atom stereocenters. The van der Waals surface area contributed by atoms with Gasteiger partial charge in [-0.25, -0.2) is 4.98 Å². The molecule has 2 saturated heterocycles. The number of hydrogen-bond donors (Lipinski definition) is 2. The lowest BCUT2D eigenvalue weighted by Gasteiger charge is -2.32. The molecule has 2 aliphatic heterocycles. The predicted octanol–water partition coefficient (Wildman–Crippen LogP) is 6.50. The maximum Gasteiger partial charge on any atom is 0.244 e. The van der Waals surface area contributed by atoms with Gasteiger partial charge in [0, 0.05) is 74.7 Å². The van der Waals surface area contributed by atoms with Crippen molar-refractivity contribution in [2.24, 2.45) is 0 Å². The molecule has 7 rings (SSSR count). The molecule has 1 aromatic heterocycles. The van der Waals surface area contributed by atoms with Crippen molar-refractivity contribution in [2.75, 3.05) is 66.1 Å². The fourth-order valence-corrected chi connectivity index (χ4v) is 8.73. The van der Waals surface area contributed by atoms with Crippen LogP contribution in [0.5, 0.6) is 0 Å². The number of nitrogens with zero attached hydrogens (tertiary/aromatic N) is 5. The molecule has 14 heteroatoms. The molecule has 0 saturated carbocycles. The highest BCUT2D eigenvalue weighted by atomic mass is 16.5. The van der Waals surface area contributed by atoms with Gasteiger partial charge in [0.25, 0.3) is 0 Å². The molecule has 0 spiro atoms. The van der Waals surface area contributed by atoms with E-state index < -0.39 is 12.1 Å². The van der Waals surface area contributed by atoms with E-state index in [4.69, 9.17) is 13.9 Å². The molecule has 6 atom stereocenters. The summed E-state index contributed by atoms with van der Waals surface area (Å²) < 4.78 is 17.4. The number of likely N-dealkylation sites (N-methyl/N-ethyl adjacent to an activating group) is 2.